The predicted octanol–water partition coefficient (Wildman–Crippen LogP) is 0.762. The number of aromatic nitrogens is 1. The molecule has 90 valence electrons. The molecule has 0 unspecified atom stereocenters. The monoisotopic (exact) mass is 234 g/mol. The average Bonchev–Trinajstić information content (AvgIpc) is 2.57. The van der Waals surface area contributed by atoms with Crippen LogP contribution < -0.4 is 5.59 Å². The summed E-state index contributed by atoms with van der Waals surface area (Å²) in [5.74, 6) is 0.766. The molecule has 2 rings (SSSR count). The molecule has 1 amide bonds. The van der Waals surface area contributed by atoms with Gasteiger partial charge in [-0.2, -0.15) is 0 Å². The number of rotatable bonds is 0. The van der Waals surface area contributed by atoms with Gasteiger partial charge in [0, 0.05) is 24.1 Å². The zero-order chi connectivity index (χ0) is 12.6. The van der Waals surface area contributed by atoms with Crippen LogP contribution in [0.25, 0.3) is 0 Å². The molecular formula is C11H15BN2O3. The summed E-state index contributed by atoms with van der Waals surface area (Å²) in [6, 6.07) is 0. The highest BCUT2D eigenvalue weighted by Crippen LogP contribution is 2.19. The Bertz CT molecular complexity index is 436. The van der Waals surface area contributed by atoms with Crippen LogP contribution in [0.5, 0.6) is 0 Å². The molecule has 0 fully saturated rings. The van der Waals surface area contributed by atoms with Gasteiger partial charge in [-0.25, -0.2) is 4.79 Å². The van der Waals surface area contributed by atoms with Crippen LogP contribution in [0.15, 0.2) is 4.52 Å². The van der Waals surface area contributed by atoms with Crippen LogP contribution in [-0.2, 0) is 17.7 Å². The van der Waals surface area contributed by atoms with Gasteiger partial charge in [-0.15, -0.1) is 0 Å². The second-order valence-corrected chi connectivity index (χ2v) is 5.12. The van der Waals surface area contributed by atoms with Gasteiger partial charge in [0.15, 0.2) is 0 Å². The minimum Gasteiger partial charge on any atom is -0.444 e. The number of fused-ring (bicyclic) bond motifs is 1. The Morgan fingerprint density at radius 3 is 2.88 bits per heavy atom. The van der Waals surface area contributed by atoms with Crippen molar-refractivity contribution in [1.82, 2.24) is 10.1 Å². The van der Waals surface area contributed by atoms with E-state index in [0.29, 0.717) is 25.1 Å². The van der Waals surface area contributed by atoms with Crippen molar-refractivity contribution < 1.29 is 14.1 Å². The van der Waals surface area contributed by atoms with E-state index < -0.39 is 5.60 Å². The average molecular weight is 234 g/mol. The Kier molecular flexibility index (Phi) is 2.89. The quantitative estimate of drug-likeness (QED) is 0.622. The van der Waals surface area contributed by atoms with Crippen molar-refractivity contribution >= 4 is 19.5 Å². The molecular weight excluding hydrogens is 219 g/mol. The molecule has 0 atom stereocenters. The second-order valence-electron chi connectivity index (χ2n) is 5.12. The molecule has 1 aromatic heterocycles. The number of carbonyl (C=O) groups excluding carboxylic acids is 1. The van der Waals surface area contributed by atoms with Crippen LogP contribution in [0.3, 0.4) is 0 Å². The molecule has 2 heterocycles. The first-order valence-electron chi connectivity index (χ1n) is 5.57. The lowest BCUT2D eigenvalue weighted by Crippen LogP contribution is -2.40. The fourth-order valence-corrected chi connectivity index (χ4v) is 1.71. The number of ether oxygens (including phenoxy) is 1. The third-order valence-electron chi connectivity index (χ3n) is 2.51. The van der Waals surface area contributed by atoms with Crippen molar-refractivity contribution in [2.45, 2.75) is 39.3 Å². The van der Waals surface area contributed by atoms with E-state index in [-0.39, 0.29) is 6.09 Å². The zero-order valence-electron chi connectivity index (χ0n) is 10.3. The first-order chi connectivity index (χ1) is 7.87. The molecule has 1 aromatic rings. The smallest absolute Gasteiger partial charge is 0.410 e. The fraction of sp³-hybridized carbons (Fsp3) is 0.636. The lowest BCUT2D eigenvalue weighted by Gasteiger charge is -2.29. The highest BCUT2D eigenvalue weighted by atomic mass is 16.6. The number of hydrogen-bond donors (Lipinski definition) is 0. The molecule has 1 aliphatic rings. The highest BCUT2D eigenvalue weighted by Gasteiger charge is 2.28. The third-order valence-corrected chi connectivity index (χ3v) is 2.51. The fourth-order valence-electron chi connectivity index (χ4n) is 1.71. The first kappa shape index (κ1) is 12.0. The van der Waals surface area contributed by atoms with Crippen molar-refractivity contribution in [2.75, 3.05) is 6.54 Å². The predicted molar refractivity (Wildman–Crippen MR) is 62.2 cm³/mol. The van der Waals surface area contributed by atoms with Crippen LogP contribution in [0.4, 0.5) is 4.79 Å². The van der Waals surface area contributed by atoms with Gasteiger partial charge < -0.3 is 14.2 Å². The van der Waals surface area contributed by atoms with Crippen molar-refractivity contribution in [3.8, 4) is 0 Å². The van der Waals surface area contributed by atoms with Crippen molar-refractivity contribution in [3.05, 3.63) is 11.3 Å². The summed E-state index contributed by atoms with van der Waals surface area (Å²) in [6.45, 7) is 6.49. The van der Waals surface area contributed by atoms with Gasteiger partial charge >= 0.3 is 6.09 Å². The van der Waals surface area contributed by atoms with Gasteiger partial charge in [0.05, 0.1) is 6.54 Å². The van der Waals surface area contributed by atoms with Crippen LogP contribution in [0.1, 0.15) is 32.1 Å². The van der Waals surface area contributed by atoms with E-state index in [2.05, 4.69) is 5.16 Å². The molecule has 0 saturated heterocycles. The molecule has 0 N–H and O–H groups in total. The molecule has 5 nitrogen and oxygen atoms in total. The van der Waals surface area contributed by atoms with E-state index >= 15 is 0 Å². The standard InChI is InChI=1S/C11H15BN2O3/c1-11(2,3)16-10(15)14-5-4-8-7(6-14)9(12)13-17-8/h4-6H2,1-3H3. The van der Waals surface area contributed by atoms with Crippen LogP contribution in [0.2, 0.25) is 0 Å². The number of amides is 1. The summed E-state index contributed by atoms with van der Waals surface area (Å²) >= 11 is 0. The van der Waals surface area contributed by atoms with Gasteiger partial charge in [-0.3, -0.25) is 0 Å². The topological polar surface area (TPSA) is 55.6 Å². The number of hydrogen-bond acceptors (Lipinski definition) is 4. The lowest BCUT2D eigenvalue weighted by atomic mass is 9.95. The van der Waals surface area contributed by atoms with E-state index in [1.807, 2.05) is 20.8 Å². The van der Waals surface area contributed by atoms with Crippen LogP contribution in [-0.4, -0.2) is 36.1 Å². The number of carbonyl (C=O) groups is 1. The van der Waals surface area contributed by atoms with Crippen molar-refractivity contribution in [1.29, 1.82) is 0 Å². The van der Waals surface area contributed by atoms with Gasteiger partial charge in [0.2, 0.25) is 0 Å². The molecule has 17 heavy (non-hydrogen) atoms. The van der Waals surface area contributed by atoms with Crippen molar-refractivity contribution in [3.63, 3.8) is 0 Å². The second kappa shape index (κ2) is 4.09. The maximum absolute atomic E-state index is 11.9. The molecule has 0 aliphatic carbocycles. The zero-order valence-corrected chi connectivity index (χ0v) is 10.3. The maximum Gasteiger partial charge on any atom is 0.410 e. The Morgan fingerprint density at radius 1 is 1.53 bits per heavy atom. The molecule has 0 saturated carbocycles. The normalized spacial score (nSPS) is 15.6. The Labute approximate surface area is 101 Å². The Hall–Kier alpha value is -1.46. The number of nitrogens with zero attached hydrogens (tertiary/aromatic N) is 2. The van der Waals surface area contributed by atoms with Crippen LogP contribution >= 0.6 is 0 Å². The molecule has 0 aromatic carbocycles. The van der Waals surface area contributed by atoms with Crippen molar-refractivity contribution in [2.24, 2.45) is 0 Å². The van der Waals surface area contributed by atoms with Gasteiger partial charge in [-0.05, 0) is 20.8 Å². The molecule has 0 spiro atoms. The van der Waals surface area contributed by atoms with Gasteiger partial charge in [0.25, 0.3) is 0 Å². The van der Waals surface area contributed by atoms with Gasteiger partial charge in [0.1, 0.15) is 19.2 Å². The SMILES string of the molecule is [B]c1noc2c1CN(C(=O)OC(C)(C)C)CC2. The van der Waals surface area contributed by atoms with E-state index in [4.69, 9.17) is 17.1 Å². The Morgan fingerprint density at radius 2 is 2.24 bits per heavy atom. The highest BCUT2D eigenvalue weighted by molar-refractivity contribution is 6.31. The minimum absolute atomic E-state index is 0.330. The largest absolute Gasteiger partial charge is 0.444 e. The summed E-state index contributed by atoms with van der Waals surface area (Å²) < 4.78 is 10.4. The maximum atomic E-state index is 11.9. The van der Waals surface area contributed by atoms with E-state index in [0.717, 1.165) is 11.3 Å². The van der Waals surface area contributed by atoms with E-state index in [9.17, 15) is 4.79 Å². The summed E-state index contributed by atoms with van der Waals surface area (Å²) in [5, 5.41) is 3.69. The Balaban J connectivity index is 2.07. The van der Waals surface area contributed by atoms with Crippen LogP contribution in [0, 0.1) is 0 Å². The third kappa shape index (κ3) is 2.62. The molecule has 2 radical (unpaired) electrons. The van der Waals surface area contributed by atoms with E-state index in [1.165, 1.54) is 0 Å². The summed E-state index contributed by atoms with van der Waals surface area (Å²) in [7, 11) is 5.67. The summed E-state index contributed by atoms with van der Waals surface area (Å²) in [5.41, 5.74) is 0.660. The van der Waals surface area contributed by atoms with Gasteiger partial charge in [-0.1, -0.05) is 5.16 Å². The summed E-state index contributed by atoms with van der Waals surface area (Å²) in [4.78, 5) is 13.5. The molecule has 6 heteroatoms. The lowest BCUT2D eigenvalue weighted by molar-refractivity contribution is 0.0219. The first-order valence-corrected chi connectivity index (χ1v) is 5.57. The minimum atomic E-state index is -0.489. The van der Waals surface area contributed by atoms with E-state index in [1.54, 1.807) is 4.90 Å². The molecule has 1 aliphatic heterocycles. The summed E-state index contributed by atoms with van der Waals surface area (Å²) in [6.07, 6.45) is 0.294. The molecule has 0 bridgehead atoms.